The molecule has 25 heavy (non-hydrogen) atoms. The molecule has 0 aliphatic carbocycles. The molecule has 0 amide bonds. The molecule has 124 valence electrons. The van der Waals surface area contributed by atoms with Gasteiger partial charge in [-0.05, 0) is 25.1 Å². The summed E-state index contributed by atoms with van der Waals surface area (Å²) in [6.07, 6.45) is 1.55. The highest BCUT2D eigenvalue weighted by Crippen LogP contribution is 2.35. The number of nitrogens with one attached hydrogen (secondary N) is 1. The number of hydrogen-bond acceptors (Lipinski definition) is 4. The van der Waals surface area contributed by atoms with E-state index in [-0.39, 0.29) is 11.5 Å². The fourth-order valence-corrected chi connectivity index (χ4v) is 3.31. The summed E-state index contributed by atoms with van der Waals surface area (Å²) in [6.45, 7) is 2.89. The van der Waals surface area contributed by atoms with Crippen LogP contribution in [0.1, 0.15) is 6.92 Å². The van der Waals surface area contributed by atoms with Gasteiger partial charge in [0.2, 0.25) is 5.82 Å². The number of anilines is 2. The van der Waals surface area contributed by atoms with Crippen LogP contribution in [0, 0.1) is 10.1 Å². The maximum atomic E-state index is 11.3. The standard InChI is InChI=1S/C19H16N4O2/c1-2-22-16-10-4-3-7-13(16)14-8-5-9-15(18(14)22)21-19-17(23(24)25)11-6-12-20-19/h3-12H,2H2,1H3,(H,20,21). The smallest absolute Gasteiger partial charge is 0.311 e. The number of para-hydroxylation sites is 2. The Balaban J connectivity index is 1.96. The Morgan fingerprint density at radius 1 is 1.08 bits per heavy atom. The molecule has 6 heteroatoms. The zero-order chi connectivity index (χ0) is 17.4. The molecular formula is C19H16N4O2. The molecule has 0 atom stereocenters. The first-order valence-electron chi connectivity index (χ1n) is 8.07. The third kappa shape index (κ3) is 2.39. The maximum Gasteiger partial charge on any atom is 0.311 e. The second-order valence-electron chi connectivity index (χ2n) is 5.72. The molecule has 0 bridgehead atoms. The first-order valence-corrected chi connectivity index (χ1v) is 8.07. The highest BCUT2D eigenvalue weighted by Gasteiger charge is 2.17. The summed E-state index contributed by atoms with van der Waals surface area (Å²) in [5.41, 5.74) is 2.92. The molecule has 0 unspecified atom stereocenters. The van der Waals surface area contributed by atoms with E-state index in [0.29, 0.717) is 0 Å². The Morgan fingerprint density at radius 2 is 1.88 bits per heavy atom. The van der Waals surface area contributed by atoms with Crippen molar-refractivity contribution in [2.24, 2.45) is 0 Å². The molecule has 0 aliphatic heterocycles. The minimum atomic E-state index is -0.426. The van der Waals surface area contributed by atoms with E-state index >= 15 is 0 Å². The summed E-state index contributed by atoms with van der Waals surface area (Å²) in [5.74, 6) is 0.243. The summed E-state index contributed by atoms with van der Waals surface area (Å²) in [7, 11) is 0. The van der Waals surface area contributed by atoms with E-state index in [9.17, 15) is 10.1 Å². The minimum Gasteiger partial charge on any atom is -0.339 e. The first kappa shape index (κ1) is 15.1. The van der Waals surface area contributed by atoms with Gasteiger partial charge < -0.3 is 9.88 Å². The maximum absolute atomic E-state index is 11.3. The number of nitro groups is 1. The van der Waals surface area contributed by atoms with Gasteiger partial charge in [-0.3, -0.25) is 10.1 Å². The monoisotopic (exact) mass is 332 g/mol. The Hall–Kier alpha value is -3.41. The highest BCUT2D eigenvalue weighted by atomic mass is 16.6. The fourth-order valence-electron chi connectivity index (χ4n) is 3.31. The summed E-state index contributed by atoms with van der Waals surface area (Å²) in [5, 5.41) is 16.7. The number of rotatable bonds is 4. The molecule has 4 aromatic rings. The molecule has 1 N–H and O–H groups in total. The molecule has 0 radical (unpaired) electrons. The largest absolute Gasteiger partial charge is 0.339 e. The number of aryl methyl sites for hydroxylation is 1. The van der Waals surface area contributed by atoms with Crippen molar-refractivity contribution < 1.29 is 4.92 Å². The molecule has 6 nitrogen and oxygen atoms in total. The van der Waals surface area contributed by atoms with Crippen molar-refractivity contribution in [3.8, 4) is 0 Å². The van der Waals surface area contributed by atoms with Crippen LogP contribution in [-0.2, 0) is 6.54 Å². The van der Waals surface area contributed by atoms with Crippen molar-refractivity contribution in [3.05, 3.63) is 70.9 Å². The average Bonchev–Trinajstić information content (AvgIpc) is 2.97. The lowest BCUT2D eigenvalue weighted by Gasteiger charge is -2.10. The second-order valence-corrected chi connectivity index (χ2v) is 5.72. The van der Waals surface area contributed by atoms with Crippen LogP contribution in [0.15, 0.2) is 60.8 Å². The van der Waals surface area contributed by atoms with Gasteiger partial charge in [-0.1, -0.05) is 30.3 Å². The number of pyridine rings is 1. The van der Waals surface area contributed by atoms with Gasteiger partial charge in [-0.15, -0.1) is 0 Å². The number of fused-ring (bicyclic) bond motifs is 3. The summed E-state index contributed by atoms with van der Waals surface area (Å²) in [6, 6.07) is 17.2. The van der Waals surface area contributed by atoms with Crippen LogP contribution in [0.5, 0.6) is 0 Å². The van der Waals surface area contributed by atoms with Gasteiger partial charge in [0.1, 0.15) is 0 Å². The van der Waals surface area contributed by atoms with E-state index < -0.39 is 4.92 Å². The van der Waals surface area contributed by atoms with E-state index in [2.05, 4.69) is 40.0 Å². The predicted molar refractivity (Wildman–Crippen MR) is 99.3 cm³/mol. The van der Waals surface area contributed by atoms with Crippen molar-refractivity contribution in [3.63, 3.8) is 0 Å². The average molecular weight is 332 g/mol. The fraction of sp³-hybridized carbons (Fsp3) is 0.105. The lowest BCUT2D eigenvalue weighted by Crippen LogP contribution is -2.01. The highest BCUT2D eigenvalue weighted by molar-refractivity contribution is 6.12. The van der Waals surface area contributed by atoms with Crippen molar-refractivity contribution in [2.45, 2.75) is 13.5 Å². The summed E-state index contributed by atoms with van der Waals surface area (Å²) >= 11 is 0. The van der Waals surface area contributed by atoms with E-state index in [1.165, 1.54) is 11.5 Å². The van der Waals surface area contributed by atoms with Crippen molar-refractivity contribution in [1.29, 1.82) is 0 Å². The topological polar surface area (TPSA) is 73.0 Å². The molecule has 0 aliphatic rings. The van der Waals surface area contributed by atoms with Crippen molar-refractivity contribution in [1.82, 2.24) is 9.55 Å². The Bertz CT molecular complexity index is 1100. The van der Waals surface area contributed by atoms with Crippen LogP contribution >= 0.6 is 0 Å². The number of benzene rings is 2. The molecular weight excluding hydrogens is 316 g/mol. The van der Waals surface area contributed by atoms with Gasteiger partial charge in [0, 0.05) is 35.1 Å². The molecule has 0 spiro atoms. The third-order valence-electron chi connectivity index (χ3n) is 4.34. The van der Waals surface area contributed by atoms with E-state index in [4.69, 9.17) is 0 Å². The molecule has 2 aromatic carbocycles. The molecule has 2 heterocycles. The second kappa shape index (κ2) is 5.90. The molecule has 0 fully saturated rings. The van der Waals surface area contributed by atoms with Crippen LogP contribution in [0.2, 0.25) is 0 Å². The summed E-state index contributed by atoms with van der Waals surface area (Å²) < 4.78 is 2.21. The lowest BCUT2D eigenvalue weighted by atomic mass is 10.1. The van der Waals surface area contributed by atoms with Crippen molar-refractivity contribution >= 4 is 39.0 Å². The lowest BCUT2D eigenvalue weighted by molar-refractivity contribution is -0.384. The van der Waals surface area contributed by atoms with E-state index in [1.54, 1.807) is 12.3 Å². The van der Waals surface area contributed by atoms with Crippen LogP contribution in [0.25, 0.3) is 21.8 Å². The number of nitrogens with zero attached hydrogens (tertiary/aromatic N) is 3. The van der Waals surface area contributed by atoms with Crippen molar-refractivity contribution in [2.75, 3.05) is 5.32 Å². The predicted octanol–water partition coefficient (Wildman–Crippen LogP) is 4.86. The van der Waals surface area contributed by atoms with Gasteiger partial charge >= 0.3 is 5.69 Å². The Morgan fingerprint density at radius 3 is 2.68 bits per heavy atom. The van der Waals surface area contributed by atoms with Gasteiger partial charge in [0.25, 0.3) is 0 Å². The first-order chi connectivity index (χ1) is 12.2. The van der Waals surface area contributed by atoms with Crippen LogP contribution in [-0.4, -0.2) is 14.5 Å². The van der Waals surface area contributed by atoms with E-state index in [1.807, 2.05) is 24.3 Å². The van der Waals surface area contributed by atoms with Gasteiger partial charge in [-0.2, -0.15) is 0 Å². The van der Waals surface area contributed by atoms with Crippen LogP contribution in [0.4, 0.5) is 17.2 Å². The Kier molecular flexibility index (Phi) is 3.57. The van der Waals surface area contributed by atoms with Gasteiger partial charge in [0.05, 0.1) is 16.1 Å². The zero-order valence-corrected chi connectivity index (χ0v) is 13.6. The SMILES string of the molecule is CCn1c2ccccc2c2cccc(Nc3ncccc3[N+](=O)[O-])c21. The molecule has 4 rings (SSSR count). The zero-order valence-electron chi connectivity index (χ0n) is 13.6. The van der Waals surface area contributed by atoms with Crippen LogP contribution < -0.4 is 5.32 Å². The number of hydrogen-bond donors (Lipinski definition) is 1. The third-order valence-corrected chi connectivity index (χ3v) is 4.34. The number of aromatic nitrogens is 2. The molecule has 2 aromatic heterocycles. The quantitative estimate of drug-likeness (QED) is 0.428. The molecule has 0 saturated carbocycles. The van der Waals surface area contributed by atoms with E-state index in [0.717, 1.165) is 28.7 Å². The normalized spacial score (nSPS) is 11.1. The summed E-state index contributed by atoms with van der Waals surface area (Å²) in [4.78, 5) is 15.0. The van der Waals surface area contributed by atoms with Crippen LogP contribution in [0.3, 0.4) is 0 Å². The minimum absolute atomic E-state index is 0.0429. The Labute approximate surface area is 143 Å². The molecule has 0 saturated heterocycles. The van der Waals surface area contributed by atoms with Gasteiger partial charge in [0.15, 0.2) is 0 Å². The van der Waals surface area contributed by atoms with Gasteiger partial charge in [-0.25, -0.2) is 4.98 Å².